The Bertz CT molecular complexity index is 549. The zero-order valence-electron chi connectivity index (χ0n) is 11.4. The summed E-state index contributed by atoms with van der Waals surface area (Å²) < 4.78 is 5.26. The number of nitrogens with one attached hydrogen (secondary N) is 1. The lowest BCUT2D eigenvalue weighted by Gasteiger charge is -2.11. The van der Waals surface area contributed by atoms with Gasteiger partial charge in [-0.3, -0.25) is 4.98 Å². The van der Waals surface area contributed by atoms with Crippen LogP contribution in [0.15, 0.2) is 24.3 Å². The predicted molar refractivity (Wildman–Crippen MR) is 76.4 cm³/mol. The third-order valence-electron chi connectivity index (χ3n) is 2.96. The Labute approximate surface area is 108 Å². The second-order valence-corrected chi connectivity index (χ2v) is 4.89. The molecular formula is C15H20N2O. The lowest BCUT2D eigenvalue weighted by molar-refractivity contribution is 0.415. The molecule has 2 rings (SSSR count). The van der Waals surface area contributed by atoms with Gasteiger partial charge in [0.2, 0.25) is 0 Å². The van der Waals surface area contributed by atoms with E-state index in [-0.39, 0.29) is 0 Å². The third kappa shape index (κ3) is 2.55. The number of hydrogen-bond acceptors (Lipinski definition) is 3. The number of benzene rings is 1. The maximum absolute atomic E-state index is 5.26. The van der Waals surface area contributed by atoms with Crippen LogP contribution in [0, 0.1) is 5.92 Å². The minimum Gasteiger partial charge on any atom is -0.497 e. The van der Waals surface area contributed by atoms with Gasteiger partial charge >= 0.3 is 0 Å². The van der Waals surface area contributed by atoms with Crippen LogP contribution in [0.4, 0.5) is 5.69 Å². The van der Waals surface area contributed by atoms with Crippen LogP contribution in [0.2, 0.25) is 0 Å². The maximum Gasteiger partial charge on any atom is 0.119 e. The Morgan fingerprint density at radius 3 is 2.67 bits per heavy atom. The van der Waals surface area contributed by atoms with Crippen molar-refractivity contribution in [2.24, 2.45) is 5.92 Å². The van der Waals surface area contributed by atoms with E-state index in [4.69, 9.17) is 9.72 Å². The molecule has 0 saturated heterocycles. The molecule has 18 heavy (non-hydrogen) atoms. The van der Waals surface area contributed by atoms with Gasteiger partial charge in [0.15, 0.2) is 0 Å². The maximum atomic E-state index is 5.26. The summed E-state index contributed by atoms with van der Waals surface area (Å²) >= 11 is 0. The molecule has 0 fully saturated rings. The highest BCUT2D eigenvalue weighted by molar-refractivity contribution is 5.92. The topological polar surface area (TPSA) is 34.2 Å². The average Bonchev–Trinajstić information content (AvgIpc) is 2.36. The van der Waals surface area contributed by atoms with Crippen molar-refractivity contribution in [3.05, 3.63) is 30.0 Å². The van der Waals surface area contributed by atoms with Gasteiger partial charge in [-0.05, 0) is 36.6 Å². The smallest absolute Gasteiger partial charge is 0.119 e. The molecule has 0 unspecified atom stereocenters. The number of fused-ring (bicyclic) bond motifs is 1. The van der Waals surface area contributed by atoms with E-state index in [0.717, 1.165) is 34.5 Å². The van der Waals surface area contributed by atoms with E-state index in [1.807, 2.05) is 25.2 Å². The Hall–Kier alpha value is -1.77. The molecule has 1 heterocycles. The number of anilines is 1. The minimum absolute atomic E-state index is 0.609. The molecule has 0 spiro atoms. The molecule has 0 amide bonds. The summed E-state index contributed by atoms with van der Waals surface area (Å²) in [6.45, 7) is 4.41. The molecule has 96 valence electrons. The fraction of sp³-hybridized carbons (Fsp3) is 0.400. The summed E-state index contributed by atoms with van der Waals surface area (Å²) in [5, 5.41) is 4.34. The lowest BCUT2D eigenvalue weighted by Crippen LogP contribution is -2.00. The van der Waals surface area contributed by atoms with E-state index < -0.39 is 0 Å². The Morgan fingerprint density at radius 1 is 1.28 bits per heavy atom. The third-order valence-corrected chi connectivity index (χ3v) is 2.96. The van der Waals surface area contributed by atoms with Crippen molar-refractivity contribution < 1.29 is 4.74 Å². The first-order chi connectivity index (χ1) is 8.63. The van der Waals surface area contributed by atoms with Crippen LogP contribution in [0.1, 0.15) is 19.5 Å². The molecule has 0 saturated carbocycles. The van der Waals surface area contributed by atoms with E-state index >= 15 is 0 Å². The van der Waals surface area contributed by atoms with E-state index in [1.54, 1.807) is 7.11 Å². The van der Waals surface area contributed by atoms with Crippen molar-refractivity contribution in [1.82, 2.24) is 4.98 Å². The van der Waals surface area contributed by atoms with Gasteiger partial charge < -0.3 is 10.1 Å². The Balaban J connectivity index is 2.55. The zero-order chi connectivity index (χ0) is 13.1. The molecule has 1 aromatic carbocycles. The van der Waals surface area contributed by atoms with E-state index in [9.17, 15) is 0 Å². The highest BCUT2D eigenvalue weighted by Gasteiger charge is 2.07. The van der Waals surface area contributed by atoms with E-state index in [2.05, 4.69) is 25.2 Å². The first-order valence-electron chi connectivity index (χ1n) is 6.29. The van der Waals surface area contributed by atoms with Crippen LogP contribution in [0.25, 0.3) is 10.9 Å². The van der Waals surface area contributed by atoms with Crippen molar-refractivity contribution >= 4 is 16.6 Å². The predicted octanol–water partition coefficient (Wildman–Crippen LogP) is 3.48. The van der Waals surface area contributed by atoms with Crippen LogP contribution in [0.3, 0.4) is 0 Å². The van der Waals surface area contributed by atoms with Gasteiger partial charge in [-0.1, -0.05) is 13.8 Å². The molecular weight excluding hydrogens is 224 g/mol. The van der Waals surface area contributed by atoms with Crippen molar-refractivity contribution in [2.45, 2.75) is 20.3 Å². The molecule has 3 heteroatoms. The molecule has 1 N–H and O–H groups in total. The van der Waals surface area contributed by atoms with Gasteiger partial charge in [-0.2, -0.15) is 0 Å². The highest BCUT2D eigenvalue weighted by atomic mass is 16.5. The first-order valence-corrected chi connectivity index (χ1v) is 6.29. The van der Waals surface area contributed by atoms with Crippen LogP contribution in [-0.4, -0.2) is 19.1 Å². The summed E-state index contributed by atoms with van der Waals surface area (Å²) in [6, 6.07) is 8.11. The number of nitrogens with zero attached hydrogens (tertiary/aromatic N) is 1. The molecule has 0 bridgehead atoms. The number of ether oxygens (including phenoxy) is 1. The van der Waals surface area contributed by atoms with Crippen molar-refractivity contribution in [2.75, 3.05) is 19.5 Å². The van der Waals surface area contributed by atoms with Gasteiger partial charge in [-0.25, -0.2) is 0 Å². The molecule has 3 nitrogen and oxygen atoms in total. The lowest BCUT2D eigenvalue weighted by atomic mass is 10.1. The van der Waals surface area contributed by atoms with Gasteiger partial charge in [0.1, 0.15) is 5.75 Å². The molecule has 0 atom stereocenters. The Morgan fingerprint density at radius 2 is 2.06 bits per heavy atom. The summed E-state index contributed by atoms with van der Waals surface area (Å²) in [7, 11) is 3.62. The number of rotatable bonds is 4. The minimum atomic E-state index is 0.609. The molecule has 0 aliphatic heterocycles. The summed E-state index contributed by atoms with van der Waals surface area (Å²) in [5.74, 6) is 1.47. The van der Waals surface area contributed by atoms with Crippen molar-refractivity contribution in [3.8, 4) is 5.75 Å². The second kappa shape index (κ2) is 5.25. The monoisotopic (exact) mass is 244 g/mol. The number of pyridine rings is 1. The number of methoxy groups -OCH3 is 1. The Kier molecular flexibility index (Phi) is 3.70. The molecule has 0 aliphatic carbocycles. The zero-order valence-corrected chi connectivity index (χ0v) is 11.4. The van der Waals surface area contributed by atoms with Crippen molar-refractivity contribution in [3.63, 3.8) is 0 Å². The van der Waals surface area contributed by atoms with E-state index in [0.29, 0.717) is 5.92 Å². The SMILES string of the molecule is CNc1cc(CC(C)C)nc2ccc(OC)cc12. The summed E-state index contributed by atoms with van der Waals surface area (Å²) in [5.41, 5.74) is 3.25. The fourth-order valence-electron chi connectivity index (χ4n) is 2.12. The van der Waals surface area contributed by atoms with Gasteiger partial charge in [0, 0.05) is 23.8 Å². The number of hydrogen-bond donors (Lipinski definition) is 1. The summed E-state index contributed by atoms with van der Waals surface area (Å²) in [4.78, 5) is 4.70. The van der Waals surface area contributed by atoms with Crippen LogP contribution >= 0.6 is 0 Å². The highest BCUT2D eigenvalue weighted by Crippen LogP contribution is 2.27. The van der Waals surface area contributed by atoms with Crippen LogP contribution in [-0.2, 0) is 6.42 Å². The first kappa shape index (κ1) is 12.7. The average molecular weight is 244 g/mol. The quantitative estimate of drug-likeness (QED) is 0.894. The fourth-order valence-corrected chi connectivity index (χ4v) is 2.12. The molecule has 1 aromatic heterocycles. The van der Waals surface area contributed by atoms with Crippen molar-refractivity contribution in [1.29, 1.82) is 0 Å². The molecule has 0 radical (unpaired) electrons. The van der Waals surface area contributed by atoms with Gasteiger partial charge in [0.05, 0.1) is 12.6 Å². The normalized spacial score (nSPS) is 10.9. The summed E-state index contributed by atoms with van der Waals surface area (Å²) in [6.07, 6.45) is 0.997. The van der Waals surface area contributed by atoms with Gasteiger partial charge in [0.25, 0.3) is 0 Å². The number of aromatic nitrogens is 1. The standard InChI is InChI=1S/C15H20N2O/c1-10(2)7-11-8-15(16-3)13-9-12(18-4)5-6-14(13)17-11/h5-6,8-10H,7H2,1-4H3,(H,16,17). The van der Waals surface area contributed by atoms with Gasteiger partial charge in [-0.15, -0.1) is 0 Å². The van der Waals surface area contributed by atoms with E-state index in [1.165, 1.54) is 0 Å². The van der Waals surface area contributed by atoms with Crippen LogP contribution in [0.5, 0.6) is 5.75 Å². The van der Waals surface area contributed by atoms with Crippen LogP contribution < -0.4 is 10.1 Å². The molecule has 2 aromatic rings. The second-order valence-electron chi connectivity index (χ2n) is 4.89. The largest absolute Gasteiger partial charge is 0.497 e. The molecule has 0 aliphatic rings.